The summed E-state index contributed by atoms with van der Waals surface area (Å²) in [5.41, 5.74) is -0.755. The van der Waals surface area contributed by atoms with Crippen molar-refractivity contribution in [3.8, 4) is 0 Å². The molecule has 7 heteroatoms. The number of carbonyl (C=O) groups is 1. The highest BCUT2D eigenvalue weighted by Crippen LogP contribution is 2.21. The molecule has 1 amide bonds. The Labute approximate surface area is 128 Å². The second-order valence-corrected chi connectivity index (χ2v) is 5.76. The average Bonchev–Trinajstić information content (AvgIpc) is 2.50. The molecule has 122 valence electrons. The molecule has 1 aliphatic heterocycles. The van der Waals surface area contributed by atoms with Gasteiger partial charge in [-0.1, -0.05) is 0 Å². The summed E-state index contributed by atoms with van der Waals surface area (Å²) in [6.07, 6.45) is 5.52. The van der Waals surface area contributed by atoms with Gasteiger partial charge in [-0.2, -0.15) is 0 Å². The molecule has 0 aliphatic carbocycles. The van der Waals surface area contributed by atoms with Crippen molar-refractivity contribution in [2.45, 2.75) is 32.1 Å². The molecule has 0 radical (unpaired) electrons. The second kappa shape index (κ2) is 7.93. The lowest BCUT2D eigenvalue weighted by Crippen LogP contribution is -2.41. The quantitative estimate of drug-likeness (QED) is 0.737. The van der Waals surface area contributed by atoms with E-state index in [1.54, 1.807) is 7.11 Å². The van der Waals surface area contributed by atoms with Gasteiger partial charge in [0.05, 0.1) is 6.42 Å². The van der Waals surface area contributed by atoms with Gasteiger partial charge in [0.15, 0.2) is 0 Å². The third kappa shape index (κ3) is 4.56. The molecule has 1 saturated heterocycles. The third-order valence-electron chi connectivity index (χ3n) is 4.07. The number of carbonyl (C=O) groups excluding carboxylic acids is 1. The normalized spacial score (nSPS) is 18.4. The van der Waals surface area contributed by atoms with E-state index in [0.717, 1.165) is 45.4 Å². The minimum atomic E-state index is -0.558. The summed E-state index contributed by atoms with van der Waals surface area (Å²) >= 11 is 0. The molecule has 0 aromatic carbocycles. The van der Waals surface area contributed by atoms with Gasteiger partial charge in [0, 0.05) is 38.6 Å². The molecule has 7 nitrogen and oxygen atoms in total. The van der Waals surface area contributed by atoms with Gasteiger partial charge in [-0.3, -0.25) is 14.6 Å². The van der Waals surface area contributed by atoms with Crippen LogP contribution >= 0.6 is 0 Å². The van der Waals surface area contributed by atoms with Crippen LogP contribution < -0.4 is 11.2 Å². The molecule has 0 unspecified atom stereocenters. The Morgan fingerprint density at radius 1 is 1.45 bits per heavy atom. The molecule has 0 saturated carbocycles. The zero-order chi connectivity index (χ0) is 15.9. The molecule has 2 rings (SSSR count). The number of rotatable bonds is 6. The van der Waals surface area contributed by atoms with Gasteiger partial charge in [-0.15, -0.1) is 0 Å². The highest BCUT2D eigenvalue weighted by molar-refractivity contribution is 5.78. The molecule has 1 aliphatic rings. The molecule has 1 fully saturated rings. The molecular formula is C15H23N3O4. The van der Waals surface area contributed by atoms with E-state index in [4.69, 9.17) is 4.74 Å². The van der Waals surface area contributed by atoms with E-state index in [9.17, 15) is 14.4 Å². The maximum atomic E-state index is 12.3. The van der Waals surface area contributed by atoms with E-state index >= 15 is 0 Å². The van der Waals surface area contributed by atoms with E-state index in [2.05, 4.69) is 9.97 Å². The summed E-state index contributed by atoms with van der Waals surface area (Å²) in [6.45, 7) is 2.22. The molecular weight excluding hydrogens is 286 g/mol. The Balaban J connectivity index is 1.91. The van der Waals surface area contributed by atoms with Crippen LogP contribution in [0.1, 0.15) is 31.2 Å². The summed E-state index contributed by atoms with van der Waals surface area (Å²) in [7, 11) is 1.69. The monoisotopic (exact) mass is 309 g/mol. The number of ether oxygens (including phenoxy) is 1. The lowest BCUT2D eigenvalue weighted by molar-refractivity contribution is -0.132. The van der Waals surface area contributed by atoms with Crippen LogP contribution in [0.15, 0.2) is 15.8 Å². The number of hydrogen-bond donors (Lipinski definition) is 2. The minimum absolute atomic E-state index is 0.0247. The Morgan fingerprint density at radius 2 is 2.27 bits per heavy atom. The summed E-state index contributed by atoms with van der Waals surface area (Å²) in [6, 6.07) is 0. The minimum Gasteiger partial charge on any atom is -0.385 e. The fraction of sp³-hybridized carbons (Fsp3) is 0.667. The van der Waals surface area contributed by atoms with Crippen molar-refractivity contribution in [2.75, 3.05) is 26.8 Å². The average molecular weight is 309 g/mol. The van der Waals surface area contributed by atoms with Crippen LogP contribution in [0.5, 0.6) is 0 Å². The zero-order valence-electron chi connectivity index (χ0n) is 12.9. The van der Waals surface area contributed by atoms with Crippen LogP contribution in [0.4, 0.5) is 0 Å². The molecule has 2 N–H and O–H groups in total. The number of aromatic nitrogens is 2. The molecule has 1 aromatic heterocycles. The summed E-state index contributed by atoms with van der Waals surface area (Å²) in [4.78, 5) is 41.3. The van der Waals surface area contributed by atoms with Crippen LogP contribution in [0.2, 0.25) is 0 Å². The molecule has 0 bridgehead atoms. The lowest BCUT2D eigenvalue weighted by atomic mass is 9.93. The number of amides is 1. The number of likely N-dealkylation sites (tertiary alicyclic amines) is 1. The van der Waals surface area contributed by atoms with Gasteiger partial charge in [0.1, 0.15) is 0 Å². The Hall–Kier alpha value is -1.89. The standard InChI is InChI=1S/C15H23N3O4/c1-22-7-3-5-11-4-2-6-18(10-11)13(19)8-12-9-16-15(21)17-14(12)20/h9,11H,2-8,10H2,1H3,(H2,16,17,20,21)/t11-/m1/s1. The first-order valence-corrected chi connectivity index (χ1v) is 7.67. The number of hydrogen-bond acceptors (Lipinski definition) is 4. The number of piperidine rings is 1. The molecule has 0 spiro atoms. The van der Waals surface area contributed by atoms with Crippen molar-refractivity contribution < 1.29 is 9.53 Å². The van der Waals surface area contributed by atoms with Gasteiger partial charge in [-0.25, -0.2) is 4.79 Å². The van der Waals surface area contributed by atoms with Crippen molar-refractivity contribution in [1.29, 1.82) is 0 Å². The molecule has 1 aromatic rings. The number of nitrogens with one attached hydrogen (secondary N) is 2. The topological polar surface area (TPSA) is 95.3 Å². The van der Waals surface area contributed by atoms with E-state index in [0.29, 0.717) is 11.5 Å². The SMILES string of the molecule is COCCC[C@H]1CCCN(C(=O)Cc2c[nH]c(=O)[nH]c2=O)C1. The third-order valence-corrected chi connectivity index (χ3v) is 4.07. The number of nitrogens with zero attached hydrogens (tertiary/aromatic N) is 1. The lowest BCUT2D eigenvalue weighted by Gasteiger charge is -2.33. The van der Waals surface area contributed by atoms with Crippen LogP contribution in [-0.2, 0) is 16.0 Å². The predicted octanol–water partition coefficient (Wildman–Crippen LogP) is 0.271. The first-order valence-electron chi connectivity index (χ1n) is 7.67. The first-order chi connectivity index (χ1) is 10.6. The number of aromatic amines is 2. The summed E-state index contributed by atoms with van der Waals surface area (Å²) in [5.74, 6) is 0.440. The molecule has 1 atom stereocenters. The fourth-order valence-electron chi connectivity index (χ4n) is 2.89. The van der Waals surface area contributed by atoms with E-state index in [-0.39, 0.29) is 12.3 Å². The Bertz CT molecular complexity index is 607. The largest absolute Gasteiger partial charge is 0.385 e. The predicted molar refractivity (Wildman–Crippen MR) is 81.8 cm³/mol. The van der Waals surface area contributed by atoms with Crippen LogP contribution in [-0.4, -0.2) is 47.6 Å². The maximum absolute atomic E-state index is 12.3. The van der Waals surface area contributed by atoms with Crippen LogP contribution in [0.3, 0.4) is 0 Å². The van der Waals surface area contributed by atoms with Crippen molar-refractivity contribution in [1.82, 2.24) is 14.9 Å². The first kappa shape index (κ1) is 16.5. The van der Waals surface area contributed by atoms with Crippen molar-refractivity contribution in [2.24, 2.45) is 5.92 Å². The van der Waals surface area contributed by atoms with Crippen LogP contribution in [0.25, 0.3) is 0 Å². The van der Waals surface area contributed by atoms with E-state index < -0.39 is 11.2 Å². The van der Waals surface area contributed by atoms with Gasteiger partial charge in [-0.05, 0) is 31.6 Å². The highest BCUT2D eigenvalue weighted by atomic mass is 16.5. The maximum Gasteiger partial charge on any atom is 0.325 e. The highest BCUT2D eigenvalue weighted by Gasteiger charge is 2.23. The molecule has 2 heterocycles. The van der Waals surface area contributed by atoms with E-state index in [1.165, 1.54) is 6.20 Å². The van der Waals surface area contributed by atoms with Crippen molar-refractivity contribution in [3.05, 3.63) is 32.6 Å². The summed E-state index contributed by atoms with van der Waals surface area (Å²) in [5, 5.41) is 0. The number of methoxy groups -OCH3 is 1. The summed E-state index contributed by atoms with van der Waals surface area (Å²) < 4.78 is 5.06. The smallest absolute Gasteiger partial charge is 0.325 e. The van der Waals surface area contributed by atoms with Gasteiger partial charge >= 0.3 is 5.69 Å². The fourth-order valence-corrected chi connectivity index (χ4v) is 2.89. The van der Waals surface area contributed by atoms with Gasteiger partial charge < -0.3 is 14.6 Å². The van der Waals surface area contributed by atoms with Crippen LogP contribution in [0, 0.1) is 5.92 Å². The van der Waals surface area contributed by atoms with Crippen molar-refractivity contribution in [3.63, 3.8) is 0 Å². The van der Waals surface area contributed by atoms with Gasteiger partial charge in [0.2, 0.25) is 5.91 Å². The second-order valence-electron chi connectivity index (χ2n) is 5.76. The Kier molecular flexibility index (Phi) is 5.94. The number of H-pyrrole nitrogens is 2. The zero-order valence-corrected chi connectivity index (χ0v) is 12.9. The van der Waals surface area contributed by atoms with Crippen molar-refractivity contribution >= 4 is 5.91 Å². The van der Waals surface area contributed by atoms with Gasteiger partial charge in [0.25, 0.3) is 5.56 Å². The molecule has 22 heavy (non-hydrogen) atoms. The van der Waals surface area contributed by atoms with E-state index in [1.807, 2.05) is 4.90 Å². The Morgan fingerprint density at radius 3 is 3.00 bits per heavy atom.